The number of phenolic OH excluding ortho intramolecular Hbond substituents is 1. The summed E-state index contributed by atoms with van der Waals surface area (Å²) in [6.45, 7) is 1.54. The van der Waals surface area contributed by atoms with E-state index in [0.717, 1.165) is 0 Å². The van der Waals surface area contributed by atoms with Gasteiger partial charge in [-0.25, -0.2) is 4.79 Å². The molecular formula is C9H10O4. The third-order valence-electron chi connectivity index (χ3n) is 1.82. The number of benzene rings is 1. The quantitative estimate of drug-likeness (QED) is 0.725. The van der Waals surface area contributed by atoms with Crippen molar-refractivity contribution in [1.82, 2.24) is 0 Å². The smallest absolute Gasteiger partial charge is 0.336 e. The maximum atomic E-state index is 10.7. The van der Waals surface area contributed by atoms with Crippen LogP contribution in [0.4, 0.5) is 0 Å². The fourth-order valence-corrected chi connectivity index (χ4v) is 1.01. The Hall–Kier alpha value is -1.71. The number of carbonyl (C=O) groups is 1. The minimum absolute atomic E-state index is 0.0526. The van der Waals surface area contributed by atoms with Gasteiger partial charge in [-0.15, -0.1) is 0 Å². The monoisotopic (exact) mass is 182 g/mol. The Labute approximate surface area is 75.4 Å². The molecule has 0 bridgehead atoms. The number of aromatic hydroxyl groups is 1. The average Bonchev–Trinajstić information content (AvgIpc) is 2.09. The van der Waals surface area contributed by atoms with Gasteiger partial charge in [0.25, 0.3) is 0 Å². The van der Waals surface area contributed by atoms with E-state index in [4.69, 9.17) is 9.84 Å². The van der Waals surface area contributed by atoms with Crippen LogP contribution in [0.3, 0.4) is 0 Å². The molecule has 1 rings (SSSR count). The average molecular weight is 182 g/mol. The van der Waals surface area contributed by atoms with E-state index < -0.39 is 5.97 Å². The number of carboxylic acid groups (broad SMARTS) is 1. The van der Waals surface area contributed by atoms with Crippen LogP contribution in [0.5, 0.6) is 11.5 Å². The largest absolute Gasteiger partial charge is 0.508 e. The molecule has 0 fully saturated rings. The summed E-state index contributed by atoms with van der Waals surface area (Å²) in [7, 11) is 1.41. The van der Waals surface area contributed by atoms with Crippen LogP contribution >= 0.6 is 0 Å². The molecule has 0 saturated heterocycles. The van der Waals surface area contributed by atoms with Crippen LogP contribution in [-0.2, 0) is 0 Å². The minimum atomic E-state index is -1.08. The van der Waals surface area contributed by atoms with Crippen LogP contribution in [0.15, 0.2) is 12.1 Å². The summed E-state index contributed by atoms with van der Waals surface area (Å²) in [5.41, 5.74) is 0.394. The van der Waals surface area contributed by atoms with Crippen LogP contribution < -0.4 is 4.74 Å². The first-order chi connectivity index (χ1) is 6.06. The van der Waals surface area contributed by atoms with E-state index in [2.05, 4.69) is 0 Å². The summed E-state index contributed by atoms with van der Waals surface area (Å²) < 4.78 is 4.82. The van der Waals surface area contributed by atoms with E-state index in [1.54, 1.807) is 0 Å². The lowest BCUT2D eigenvalue weighted by Crippen LogP contribution is -2.00. The van der Waals surface area contributed by atoms with Crippen LogP contribution in [0, 0.1) is 6.92 Å². The first-order valence-corrected chi connectivity index (χ1v) is 3.67. The molecule has 13 heavy (non-hydrogen) atoms. The van der Waals surface area contributed by atoms with Crippen molar-refractivity contribution < 1.29 is 19.7 Å². The van der Waals surface area contributed by atoms with Gasteiger partial charge in [0.05, 0.1) is 12.7 Å². The fraction of sp³-hybridized carbons (Fsp3) is 0.222. The summed E-state index contributed by atoms with van der Waals surface area (Å²) >= 11 is 0. The molecule has 2 N–H and O–H groups in total. The lowest BCUT2D eigenvalue weighted by Gasteiger charge is -2.06. The van der Waals surface area contributed by atoms with Crippen molar-refractivity contribution in [2.24, 2.45) is 0 Å². The lowest BCUT2D eigenvalue weighted by atomic mass is 10.1. The molecule has 4 heteroatoms. The normalized spacial score (nSPS) is 9.69. The van der Waals surface area contributed by atoms with Crippen LogP contribution in [0.2, 0.25) is 0 Å². The second-order valence-electron chi connectivity index (χ2n) is 2.62. The molecule has 70 valence electrons. The molecule has 0 saturated carbocycles. The molecule has 0 aromatic heterocycles. The predicted octanol–water partition coefficient (Wildman–Crippen LogP) is 1.41. The third-order valence-corrected chi connectivity index (χ3v) is 1.82. The van der Waals surface area contributed by atoms with Gasteiger partial charge < -0.3 is 14.9 Å². The Morgan fingerprint density at radius 1 is 1.46 bits per heavy atom. The zero-order chi connectivity index (χ0) is 10.0. The van der Waals surface area contributed by atoms with Crippen molar-refractivity contribution in [3.63, 3.8) is 0 Å². The number of ether oxygens (including phenoxy) is 1. The van der Waals surface area contributed by atoms with Gasteiger partial charge in [-0.2, -0.15) is 0 Å². The number of phenols is 1. The first-order valence-electron chi connectivity index (χ1n) is 3.67. The molecule has 0 radical (unpaired) electrons. The summed E-state index contributed by atoms with van der Waals surface area (Å²) in [5.74, 6) is -0.816. The first kappa shape index (κ1) is 9.38. The van der Waals surface area contributed by atoms with Gasteiger partial charge in [0, 0.05) is 11.6 Å². The number of carboxylic acids is 1. The predicted molar refractivity (Wildman–Crippen MR) is 46.4 cm³/mol. The molecule has 4 nitrogen and oxygen atoms in total. The fourth-order valence-electron chi connectivity index (χ4n) is 1.01. The second-order valence-corrected chi connectivity index (χ2v) is 2.62. The number of methoxy groups -OCH3 is 1. The topological polar surface area (TPSA) is 66.8 Å². The SMILES string of the molecule is COc1cc(O)c(C)c(C(=O)O)c1. The number of aromatic carboxylic acids is 1. The van der Waals surface area contributed by atoms with E-state index in [1.165, 1.54) is 26.2 Å². The van der Waals surface area contributed by atoms with E-state index in [1.807, 2.05) is 0 Å². The van der Waals surface area contributed by atoms with Gasteiger partial charge in [-0.1, -0.05) is 0 Å². The van der Waals surface area contributed by atoms with Crippen LogP contribution in [0.1, 0.15) is 15.9 Å². The Kier molecular flexibility index (Phi) is 2.41. The molecule has 0 aliphatic rings. The highest BCUT2D eigenvalue weighted by Crippen LogP contribution is 2.26. The molecule has 0 aliphatic heterocycles. The number of hydrogen-bond acceptors (Lipinski definition) is 3. The number of hydrogen-bond donors (Lipinski definition) is 2. The highest BCUT2D eigenvalue weighted by molar-refractivity contribution is 5.90. The Bertz CT molecular complexity index is 344. The van der Waals surface area contributed by atoms with E-state index in [0.29, 0.717) is 11.3 Å². The minimum Gasteiger partial charge on any atom is -0.508 e. The maximum Gasteiger partial charge on any atom is 0.336 e. The molecule has 0 spiro atoms. The Morgan fingerprint density at radius 2 is 2.08 bits per heavy atom. The Balaban J connectivity index is 3.33. The maximum absolute atomic E-state index is 10.7. The van der Waals surface area contributed by atoms with Crippen molar-refractivity contribution >= 4 is 5.97 Å². The van der Waals surface area contributed by atoms with E-state index in [-0.39, 0.29) is 11.3 Å². The van der Waals surface area contributed by atoms with Gasteiger partial charge in [0.2, 0.25) is 0 Å². The Morgan fingerprint density at radius 3 is 2.54 bits per heavy atom. The molecule has 1 aromatic carbocycles. The van der Waals surface area contributed by atoms with Gasteiger partial charge in [0.15, 0.2) is 0 Å². The molecular weight excluding hydrogens is 172 g/mol. The summed E-state index contributed by atoms with van der Waals surface area (Å²) in [4.78, 5) is 10.7. The molecule has 0 aliphatic carbocycles. The van der Waals surface area contributed by atoms with Crippen molar-refractivity contribution in [1.29, 1.82) is 0 Å². The molecule has 0 atom stereocenters. The summed E-state index contributed by atoms with van der Waals surface area (Å²) in [6, 6.07) is 2.75. The molecule has 1 aromatic rings. The van der Waals surface area contributed by atoms with E-state index in [9.17, 15) is 9.90 Å². The molecule has 0 amide bonds. The highest BCUT2D eigenvalue weighted by Gasteiger charge is 2.12. The third kappa shape index (κ3) is 1.72. The van der Waals surface area contributed by atoms with Gasteiger partial charge in [0.1, 0.15) is 11.5 Å². The zero-order valence-electron chi connectivity index (χ0n) is 7.37. The molecule has 0 heterocycles. The van der Waals surface area contributed by atoms with Crippen molar-refractivity contribution in [3.05, 3.63) is 23.3 Å². The second kappa shape index (κ2) is 3.35. The van der Waals surface area contributed by atoms with Crippen LogP contribution in [0.25, 0.3) is 0 Å². The number of rotatable bonds is 2. The van der Waals surface area contributed by atoms with Crippen LogP contribution in [-0.4, -0.2) is 23.3 Å². The van der Waals surface area contributed by atoms with Gasteiger partial charge >= 0.3 is 5.97 Å². The lowest BCUT2D eigenvalue weighted by molar-refractivity contribution is 0.0695. The van der Waals surface area contributed by atoms with E-state index >= 15 is 0 Å². The van der Waals surface area contributed by atoms with Crippen molar-refractivity contribution in [3.8, 4) is 11.5 Å². The zero-order valence-corrected chi connectivity index (χ0v) is 7.37. The highest BCUT2D eigenvalue weighted by atomic mass is 16.5. The standard InChI is InChI=1S/C9H10O4/c1-5-7(9(11)12)3-6(13-2)4-8(5)10/h3-4,10H,1-2H3,(H,11,12). The summed E-state index contributed by atoms with van der Waals surface area (Å²) in [6.07, 6.45) is 0. The van der Waals surface area contributed by atoms with Gasteiger partial charge in [-0.05, 0) is 13.0 Å². The van der Waals surface area contributed by atoms with Crippen molar-refractivity contribution in [2.75, 3.05) is 7.11 Å². The van der Waals surface area contributed by atoms with Crippen molar-refractivity contribution in [2.45, 2.75) is 6.92 Å². The van der Waals surface area contributed by atoms with Gasteiger partial charge in [-0.3, -0.25) is 0 Å². The molecule has 0 unspecified atom stereocenters. The summed E-state index contributed by atoms with van der Waals surface area (Å²) in [5, 5.41) is 18.1.